The Labute approximate surface area is 122 Å². The summed E-state index contributed by atoms with van der Waals surface area (Å²) in [7, 11) is 0. The molecule has 2 rings (SSSR count). The normalized spacial score (nSPS) is 9.86. The average molecular weight is 285 g/mol. The number of hydrogen-bond acceptors (Lipinski definition) is 5. The predicted molar refractivity (Wildman–Crippen MR) is 75.3 cm³/mol. The first-order chi connectivity index (χ1) is 10.1. The van der Waals surface area contributed by atoms with Gasteiger partial charge in [-0.3, -0.25) is 9.78 Å². The number of pyridine rings is 1. The van der Waals surface area contributed by atoms with E-state index in [-0.39, 0.29) is 19.1 Å². The van der Waals surface area contributed by atoms with Crippen molar-refractivity contribution in [1.82, 2.24) is 15.3 Å². The number of nitrogens with zero attached hydrogens (tertiary/aromatic N) is 2. The van der Waals surface area contributed by atoms with E-state index in [2.05, 4.69) is 27.1 Å². The highest BCUT2D eigenvalue weighted by Crippen LogP contribution is 2.09. The number of rotatable bonds is 3. The van der Waals surface area contributed by atoms with Gasteiger partial charge in [0.15, 0.2) is 0 Å². The molecule has 2 aromatic rings. The van der Waals surface area contributed by atoms with Gasteiger partial charge in [-0.15, -0.1) is 0 Å². The Hall–Kier alpha value is -2.65. The van der Waals surface area contributed by atoms with E-state index in [0.29, 0.717) is 17.0 Å². The van der Waals surface area contributed by atoms with Crippen molar-refractivity contribution in [1.29, 1.82) is 0 Å². The molecule has 0 aliphatic carbocycles. The van der Waals surface area contributed by atoms with Crippen molar-refractivity contribution >= 4 is 5.91 Å². The molecule has 0 aliphatic heterocycles. The summed E-state index contributed by atoms with van der Waals surface area (Å²) in [4.78, 5) is 20.3. The number of amides is 1. The van der Waals surface area contributed by atoms with Crippen molar-refractivity contribution in [2.75, 3.05) is 6.61 Å². The summed E-state index contributed by atoms with van der Waals surface area (Å²) < 4.78 is 5.40. The van der Waals surface area contributed by atoms with Gasteiger partial charge >= 0.3 is 0 Å². The highest BCUT2D eigenvalue weighted by molar-refractivity contribution is 5.96. The molecular weight excluding hydrogens is 270 g/mol. The van der Waals surface area contributed by atoms with Crippen molar-refractivity contribution in [3.8, 4) is 11.8 Å². The largest absolute Gasteiger partial charge is 0.444 e. The van der Waals surface area contributed by atoms with E-state index in [9.17, 15) is 4.79 Å². The summed E-state index contributed by atoms with van der Waals surface area (Å²) in [6.07, 6.45) is 3.00. The molecule has 0 radical (unpaired) electrons. The number of aliphatic hydroxyl groups excluding tert-OH is 1. The summed E-state index contributed by atoms with van der Waals surface area (Å²) in [6.45, 7) is 3.59. The number of oxazole rings is 1. The van der Waals surface area contributed by atoms with Crippen molar-refractivity contribution in [3.05, 3.63) is 46.9 Å². The van der Waals surface area contributed by atoms with Gasteiger partial charge in [0.2, 0.25) is 5.89 Å². The summed E-state index contributed by atoms with van der Waals surface area (Å²) in [5.74, 6) is 6.08. The highest BCUT2D eigenvalue weighted by atomic mass is 16.4. The van der Waals surface area contributed by atoms with E-state index in [4.69, 9.17) is 9.52 Å². The monoisotopic (exact) mass is 285 g/mol. The van der Waals surface area contributed by atoms with E-state index in [1.165, 1.54) is 12.4 Å². The Morgan fingerprint density at radius 1 is 1.48 bits per heavy atom. The van der Waals surface area contributed by atoms with Crippen molar-refractivity contribution in [3.63, 3.8) is 0 Å². The molecule has 0 atom stereocenters. The molecule has 0 aliphatic rings. The minimum Gasteiger partial charge on any atom is -0.444 e. The van der Waals surface area contributed by atoms with Crippen LogP contribution in [0.4, 0.5) is 0 Å². The van der Waals surface area contributed by atoms with E-state index in [1.54, 1.807) is 6.07 Å². The fourth-order valence-electron chi connectivity index (χ4n) is 1.69. The van der Waals surface area contributed by atoms with Gasteiger partial charge in [-0.25, -0.2) is 4.98 Å². The number of hydrogen-bond donors (Lipinski definition) is 2. The average Bonchev–Trinajstić information content (AvgIpc) is 2.81. The molecule has 0 saturated carbocycles. The van der Waals surface area contributed by atoms with Crippen molar-refractivity contribution in [2.45, 2.75) is 20.4 Å². The first kappa shape index (κ1) is 14.8. The third-order valence-electron chi connectivity index (χ3n) is 2.84. The van der Waals surface area contributed by atoms with Crippen LogP contribution in [0.25, 0.3) is 0 Å². The number of aryl methyl sites for hydroxylation is 2. The second kappa shape index (κ2) is 6.68. The maximum Gasteiger partial charge on any atom is 0.253 e. The van der Waals surface area contributed by atoms with Gasteiger partial charge < -0.3 is 14.8 Å². The van der Waals surface area contributed by atoms with Crippen LogP contribution in [0.5, 0.6) is 0 Å². The summed E-state index contributed by atoms with van der Waals surface area (Å²) in [6, 6.07) is 1.57. The zero-order valence-corrected chi connectivity index (χ0v) is 11.8. The molecule has 6 heteroatoms. The zero-order valence-electron chi connectivity index (χ0n) is 11.8. The minimum absolute atomic E-state index is 0.197. The van der Waals surface area contributed by atoms with Crippen LogP contribution in [0.3, 0.4) is 0 Å². The lowest BCUT2D eigenvalue weighted by Crippen LogP contribution is -2.24. The molecule has 0 saturated heterocycles. The van der Waals surface area contributed by atoms with Gasteiger partial charge in [0.25, 0.3) is 5.91 Å². The second-order valence-electron chi connectivity index (χ2n) is 4.31. The van der Waals surface area contributed by atoms with Gasteiger partial charge in [-0.1, -0.05) is 11.8 Å². The molecule has 0 bridgehead atoms. The van der Waals surface area contributed by atoms with Gasteiger partial charge in [-0.2, -0.15) is 0 Å². The summed E-state index contributed by atoms with van der Waals surface area (Å²) in [5.41, 5.74) is 1.66. The minimum atomic E-state index is -0.298. The molecule has 6 nitrogen and oxygen atoms in total. The Balaban J connectivity index is 2.10. The van der Waals surface area contributed by atoms with E-state index >= 15 is 0 Å². The number of aliphatic hydroxyl groups is 1. The fraction of sp³-hybridized carbons (Fsp3) is 0.267. The molecular formula is C15H15N3O3. The molecule has 21 heavy (non-hydrogen) atoms. The van der Waals surface area contributed by atoms with Crippen molar-refractivity contribution < 1.29 is 14.3 Å². The molecule has 1 amide bonds. The Kier molecular flexibility index (Phi) is 4.69. The molecule has 2 N–H and O–H groups in total. The van der Waals surface area contributed by atoms with Crippen LogP contribution in [0, 0.1) is 25.7 Å². The third kappa shape index (κ3) is 3.68. The molecule has 2 heterocycles. The molecule has 0 aromatic carbocycles. The van der Waals surface area contributed by atoms with E-state index in [0.717, 1.165) is 11.5 Å². The lowest BCUT2D eigenvalue weighted by Gasteiger charge is -2.04. The van der Waals surface area contributed by atoms with Crippen LogP contribution >= 0.6 is 0 Å². The lowest BCUT2D eigenvalue weighted by atomic mass is 10.1. The quantitative estimate of drug-likeness (QED) is 0.820. The summed E-state index contributed by atoms with van der Waals surface area (Å²) in [5, 5.41) is 11.4. The van der Waals surface area contributed by atoms with Crippen LogP contribution in [0.2, 0.25) is 0 Å². The highest BCUT2D eigenvalue weighted by Gasteiger charge is 2.12. The van der Waals surface area contributed by atoms with Gasteiger partial charge in [0.05, 0.1) is 23.4 Å². The third-order valence-corrected chi connectivity index (χ3v) is 2.84. The van der Waals surface area contributed by atoms with E-state index < -0.39 is 0 Å². The lowest BCUT2D eigenvalue weighted by molar-refractivity contribution is 0.0946. The summed E-state index contributed by atoms with van der Waals surface area (Å²) >= 11 is 0. The first-order valence-corrected chi connectivity index (χ1v) is 6.36. The second-order valence-corrected chi connectivity index (χ2v) is 4.31. The Morgan fingerprint density at radius 3 is 2.95 bits per heavy atom. The molecule has 0 unspecified atom stereocenters. The van der Waals surface area contributed by atoms with Crippen LogP contribution < -0.4 is 5.32 Å². The number of carbonyl (C=O) groups excluding carboxylic acids is 1. The number of aromatic nitrogens is 2. The molecule has 108 valence electrons. The standard InChI is InChI=1S/C15H15N3O3/c1-10-11(2)21-14(18-10)9-17-15(20)13-5-6-16-8-12(13)4-3-7-19/h5-6,8,19H,7,9H2,1-2H3,(H,17,20). The van der Waals surface area contributed by atoms with E-state index in [1.807, 2.05) is 13.8 Å². The van der Waals surface area contributed by atoms with Gasteiger partial charge in [-0.05, 0) is 19.9 Å². The zero-order chi connectivity index (χ0) is 15.2. The van der Waals surface area contributed by atoms with Crippen LogP contribution in [-0.2, 0) is 6.54 Å². The SMILES string of the molecule is Cc1nc(CNC(=O)c2ccncc2C#CCO)oc1C. The van der Waals surface area contributed by atoms with Crippen molar-refractivity contribution in [2.24, 2.45) is 0 Å². The van der Waals surface area contributed by atoms with Crippen LogP contribution in [-0.4, -0.2) is 27.6 Å². The fourth-order valence-corrected chi connectivity index (χ4v) is 1.69. The maximum absolute atomic E-state index is 12.2. The Morgan fingerprint density at radius 2 is 2.29 bits per heavy atom. The number of nitrogens with one attached hydrogen (secondary N) is 1. The van der Waals surface area contributed by atoms with Gasteiger partial charge in [0, 0.05) is 12.4 Å². The molecule has 0 fully saturated rings. The van der Waals surface area contributed by atoms with Gasteiger partial charge in [0.1, 0.15) is 12.4 Å². The smallest absolute Gasteiger partial charge is 0.253 e. The van der Waals surface area contributed by atoms with Crippen LogP contribution in [0.15, 0.2) is 22.9 Å². The topological polar surface area (TPSA) is 88.2 Å². The number of carbonyl (C=O) groups is 1. The first-order valence-electron chi connectivity index (χ1n) is 6.36. The van der Waals surface area contributed by atoms with Crippen LogP contribution in [0.1, 0.15) is 33.3 Å². The molecule has 0 spiro atoms. The molecule has 2 aromatic heterocycles. The predicted octanol–water partition coefficient (Wildman–Crippen LogP) is 0.960. The Bertz CT molecular complexity index is 691. The maximum atomic E-state index is 12.2.